The highest BCUT2D eigenvalue weighted by molar-refractivity contribution is 5.90. The number of furan rings is 1. The fourth-order valence-electron chi connectivity index (χ4n) is 3.68. The van der Waals surface area contributed by atoms with Gasteiger partial charge in [0.25, 0.3) is 5.91 Å². The number of amides is 1. The standard InChI is InChI=1S/C18H25N5O3/c1-13-5-6-15(26-13)14(22-8-10-25-11-9-22)12-19-18(24)17-21-20-16-4-2-3-7-23(16)17/h5-6,14H,2-4,7-12H2,1H3,(H,19,24). The summed E-state index contributed by atoms with van der Waals surface area (Å²) in [7, 11) is 0. The van der Waals surface area contributed by atoms with Gasteiger partial charge in [0, 0.05) is 32.6 Å². The molecule has 1 N–H and O–H groups in total. The van der Waals surface area contributed by atoms with E-state index in [0.29, 0.717) is 25.6 Å². The summed E-state index contributed by atoms with van der Waals surface area (Å²) in [6.45, 7) is 6.25. The fourth-order valence-corrected chi connectivity index (χ4v) is 3.68. The highest BCUT2D eigenvalue weighted by atomic mass is 16.5. The molecule has 1 atom stereocenters. The van der Waals surface area contributed by atoms with Gasteiger partial charge in [-0.3, -0.25) is 9.69 Å². The van der Waals surface area contributed by atoms with Gasteiger partial charge in [-0.25, -0.2) is 0 Å². The van der Waals surface area contributed by atoms with Gasteiger partial charge in [-0.15, -0.1) is 10.2 Å². The number of nitrogens with zero attached hydrogens (tertiary/aromatic N) is 4. The van der Waals surface area contributed by atoms with Crippen LogP contribution in [0.1, 0.15) is 46.8 Å². The van der Waals surface area contributed by atoms with Crippen LogP contribution in [0.2, 0.25) is 0 Å². The zero-order valence-electron chi connectivity index (χ0n) is 15.1. The molecule has 1 unspecified atom stereocenters. The van der Waals surface area contributed by atoms with E-state index in [-0.39, 0.29) is 11.9 Å². The summed E-state index contributed by atoms with van der Waals surface area (Å²) in [4.78, 5) is 15.0. The molecule has 1 saturated heterocycles. The zero-order chi connectivity index (χ0) is 17.9. The molecular weight excluding hydrogens is 334 g/mol. The minimum absolute atomic E-state index is 0.0136. The first-order chi connectivity index (χ1) is 12.7. The number of nitrogens with one attached hydrogen (secondary N) is 1. The van der Waals surface area contributed by atoms with Crippen molar-refractivity contribution in [3.8, 4) is 0 Å². The largest absolute Gasteiger partial charge is 0.465 e. The van der Waals surface area contributed by atoms with Gasteiger partial charge in [0.15, 0.2) is 0 Å². The van der Waals surface area contributed by atoms with Crippen LogP contribution in [0, 0.1) is 6.92 Å². The molecule has 2 aliphatic heterocycles. The maximum absolute atomic E-state index is 12.7. The van der Waals surface area contributed by atoms with E-state index in [2.05, 4.69) is 20.4 Å². The Morgan fingerprint density at radius 3 is 2.85 bits per heavy atom. The van der Waals surface area contributed by atoms with Crippen molar-refractivity contribution in [1.29, 1.82) is 0 Å². The normalized spacial score (nSPS) is 19.1. The van der Waals surface area contributed by atoms with Crippen molar-refractivity contribution in [3.63, 3.8) is 0 Å². The van der Waals surface area contributed by atoms with Crippen LogP contribution in [-0.2, 0) is 17.7 Å². The molecule has 0 bridgehead atoms. The molecule has 140 valence electrons. The molecule has 0 aliphatic carbocycles. The lowest BCUT2D eigenvalue weighted by Crippen LogP contribution is -2.44. The Labute approximate surface area is 152 Å². The molecule has 0 radical (unpaired) electrons. The number of aryl methyl sites for hydroxylation is 2. The molecule has 0 aromatic carbocycles. The number of hydrogen-bond acceptors (Lipinski definition) is 6. The summed E-state index contributed by atoms with van der Waals surface area (Å²) < 4.78 is 13.2. The zero-order valence-corrected chi connectivity index (χ0v) is 15.1. The van der Waals surface area contributed by atoms with E-state index in [9.17, 15) is 4.79 Å². The Kier molecular flexibility index (Phi) is 5.03. The van der Waals surface area contributed by atoms with Gasteiger partial charge >= 0.3 is 0 Å². The Hall–Kier alpha value is -2.19. The van der Waals surface area contributed by atoms with Crippen LogP contribution in [0.15, 0.2) is 16.5 Å². The van der Waals surface area contributed by atoms with Gasteiger partial charge in [0.1, 0.15) is 17.3 Å². The van der Waals surface area contributed by atoms with Crippen LogP contribution in [-0.4, -0.2) is 58.4 Å². The average molecular weight is 359 g/mol. The quantitative estimate of drug-likeness (QED) is 0.867. The second-order valence-corrected chi connectivity index (χ2v) is 6.87. The SMILES string of the molecule is Cc1ccc(C(CNC(=O)c2nnc3n2CCCC3)N2CCOCC2)o1. The van der Waals surface area contributed by atoms with Crippen molar-refractivity contribution in [1.82, 2.24) is 25.0 Å². The van der Waals surface area contributed by atoms with Gasteiger partial charge < -0.3 is 19.0 Å². The lowest BCUT2D eigenvalue weighted by molar-refractivity contribution is 0.0116. The summed E-state index contributed by atoms with van der Waals surface area (Å²) in [6.07, 6.45) is 3.06. The number of morpholine rings is 1. The first-order valence-electron chi connectivity index (χ1n) is 9.31. The second-order valence-electron chi connectivity index (χ2n) is 6.87. The van der Waals surface area contributed by atoms with Crippen molar-refractivity contribution in [2.45, 2.75) is 38.8 Å². The minimum atomic E-state index is -0.174. The van der Waals surface area contributed by atoms with Crippen LogP contribution in [0.4, 0.5) is 0 Å². The Morgan fingerprint density at radius 1 is 1.23 bits per heavy atom. The molecule has 2 aliphatic rings. The van der Waals surface area contributed by atoms with Crippen molar-refractivity contribution in [3.05, 3.63) is 35.3 Å². The highest BCUT2D eigenvalue weighted by Crippen LogP contribution is 2.23. The summed E-state index contributed by atoms with van der Waals surface area (Å²) in [5.41, 5.74) is 0. The van der Waals surface area contributed by atoms with Crippen molar-refractivity contribution in [2.24, 2.45) is 0 Å². The summed E-state index contributed by atoms with van der Waals surface area (Å²) in [5, 5.41) is 11.3. The van der Waals surface area contributed by atoms with Gasteiger partial charge in [-0.2, -0.15) is 0 Å². The van der Waals surface area contributed by atoms with Gasteiger partial charge in [0.2, 0.25) is 5.82 Å². The van der Waals surface area contributed by atoms with E-state index < -0.39 is 0 Å². The lowest BCUT2D eigenvalue weighted by Gasteiger charge is -2.33. The molecule has 4 heterocycles. The molecule has 2 aromatic rings. The number of rotatable bonds is 5. The third kappa shape index (κ3) is 3.52. The molecule has 4 rings (SSSR count). The summed E-state index contributed by atoms with van der Waals surface area (Å²) in [6, 6.07) is 3.93. The number of fused-ring (bicyclic) bond motifs is 1. The smallest absolute Gasteiger partial charge is 0.289 e. The Balaban J connectivity index is 1.47. The average Bonchev–Trinajstić information content (AvgIpc) is 3.29. The fraction of sp³-hybridized carbons (Fsp3) is 0.611. The first kappa shape index (κ1) is 17.2. The highest BCUT2D eigenvalue weighted by Gasteiger charge is 2.27. The van der Waals surface area contributed by atoms with Crippen LogP contribution in [0.25, 0.3) is 0 Å². The van der Waals surface area contributed by atoms with E-state index in [4.69, 9.17) is 9.15 Å². The second kappa shape index (κ2) is 7.59. The number of carbonyl (C=O) groups excluding carboxylic acids is 1. The monoisotopic (exact) mass is 359 g/mol. The number of aromatic nitrogens is 3. The topological polar surface area (TPSA) is 85.4 Å². The lowest BCUT2D eigenvalue weighted by atomic mass is 10.1. The van der Waals surface area contributed by atoms with E-state index >= 15 is 0 Å². The predicted molar refractivity (Wildman–Crippen MR) is 93.9 cm³/mol. The van der Waals surface area contributed by atoms with Gasteiger partial charge in [0.05, 0.1) is 19.3 Å². The molecule has 1 fully saturated rings. The third-order valence-electron chi connectivity index (χ3n) is 5.09. The summed E-state index contributed by atoms with van der Waals surface area (Å²) >= 11 is 0. The van der Waals surface area contributed by atoms with Crippen molar-refractivity contribution in [2.75, 3.05) is 32.8 Å². The van der Waals surface area contributed by atoms with E-state index in [0.717, 1.165) is 56.2 Å². The summed E-state index contributed by atoms with van der Waals surface area (Å²) in [5.74, 6) is 2.89. The van der Waals surface area contributed by atoms with Gasteiger partial charge in [-0.1, -0.05) is 0 Å². The Morgan fingerprint density at radius 2 is 2.08 bits per heavy atom. The molecule has 8 heteroatoms. The van der Waals surface area contributed by atoms with Crippen LogP contribution in [0.3, 0.4) is 0 Å². The molecule has 0 spiro atoms. The maximum Gasteiger partial charge on any atom is 0.289 e. The third-order valence-corrected chi connectivity index (χ3v) is 5.09. The van der Waals surface area contributed by atoms with Crippen LogP contribution in [0.5, 0.6) is 0 Å². The van der Waals surface area contributed by atoms with Gasteiger partial charge in [-0.05, 0) is 31.9 Å². The number of carbonyl (C=O) groups is 1. The molecule has 0 saturated carbocycles. The molecule has 1 amide bonds. The van der Waals surface area contributed by atoms with E-state index in [1.54, 1.807) is 0 Å². The Bertz CT molecular complexity index is 763. The molecule has 2 aromatic heterocycles. The van der Waals surface area contributed by atoms with Crippen LogP contribution < -0.4 is 5.32 Å². The molecule has 26 heavy (non-hydrogen) atoms. The van der Waals surface area contributed by atoms with Crippen molar-refractivity contribution >= 4 is 5.91 Å². The first-order valence-corrected chi connectivity index (χ1v) is 9.31. The van der Waals surface area contributed by atoms with Crippen LogP contribution >= 0.6 is 0 Å². The molecule has 8 nitrogen and oxygen atoms in total. The maximum atomic E-state index is 12.7. The van der Waals surface area contributed by atoms with Crippen molar-refractivity contribution < 1.29 is 13.9 Å². The number of hydrogen-bond donors (Lipinski definition) is 1. The van der Waals surface area contributed by atoms with E-state index in [1.165, 1.54) is 0 Å². The minimum Gasteiger partial charge on any atom is -0.465 e. The van der Waals surface area contributed by atoms with E-state index in [1.807, 2.05) is 23.6 Å². The predicted octanol–water partition coefficient (Wildman–Crippen LogP) is 1.32. The molecular formula is C18H25N5O3. The number of ether oxygens (including phenoxy) is 1.